The van der Waals surface area contributed by atoms with Crippen molar-refractivity contribution in [2.24, 2.45) is 4.99 Å². The number of rotatable bonds is 3. The molecule has 0 radical (unpaired) electrons. The van der Waals surface area contributed by atoms with E-state index < -0.39 is 0 Å². The van der Waals surface area contributed by atoms with Gasteiger partial charge in [-0.3, -0.25) is 9.69 Å². The number of anilines is 1. The lowest BCUT2D eigenvalue weighted by Gasteiger charge is -2.16. The molecular formula is C24H19ClN2O2S. The van der Waals surface area contributed by atoms with E-state index in [0.29, 0.717) is 10.1 Å². The van der Waals surface area contributed by atoms with Gasteiger partial charge in [-0.05, 0) is 73.6 Å². The zero-order chi connectivity index (χ0) is 21.3. The molecule has 1 aliphatic rings. The molecule has 1 aliphatic heterocycles. The predicted molar refractivity (Wildman–Crippen MR) is 126 cm³/mol. The standard InChI is InChI=1S/C24H19ClN2O2S/c1-15-3-8-18(9-4-15)26-24-27(19-10-5-16(2)6-11-19)23(29)22(30-24)14-17-7-12-21(28)20(25)13-17/h3-14,28H,1-2H3/b22-14+,26-24+. The molecule has 1 fully saturated rings. The highest BCUT2D eigenvalue weighted by atomic mass is 35.5. The van der Waals surface area contributed by atoms with E-state index in [1.807, 2.05) is 62.4 Å². The Morgan fingerprint density at radius 3 is 2.23 bits per heavy atom. The van der Waals surface area contributed by atoms with E-state index in [0.717, 1.165) is 28.1 Å². The maximum Gasteiger partial charge on any atom is 0.271 e. The number of hydrogen-bond donors (Lipinski definition) is 1. The fourth-order valence-electron chi connectivity index (χ4n) is 2.96. The van der Waals surface area contributed by atoms with Gasteiger partial charge in [0.05, 0.1) is 21.3 Å². The van der Waals surface area contributed by atoms with Crippen LogP contribution in [0, 0.1) is 13.8 Å². The molecule has 4 rings (SSSR count). The molecule has 0 bridgehead atoms. The number of aromatic hydroxyl groups is 1. The molecule has 0 atom stereocenters. The van der Waals surface area contributed by atoms with Crippen LogP contribution >= 0.6 is 23.4 Å². The highest BCUT2D eigenvalue weighted by Crippen LogP contribution is 2.38. The molecule has 0 aliphatic carbocycles. The van der Waals surface area contributed by atoms with E-state index >= 15 is 0 Å². The Balaban J connectivity index is 1.77. The second kappa shape index (κ2) is 8.38. The largest absolute Gasteiger partial charge is 0.506 e. The third-order valence-electron chi connectivity index (χ3n) is 4.63. The van der Waals surface area contributed by atoms with E-state index in [9.17, 15) is 9.90 Å². The summed E-state index contributed by atoms with van der Waals surface area (Å²) < 4.78 is 0. The van der Waals surface area contributed by atoms with Crippen LogP contribution in [-0.2, 0) is 4.79 Å². The quantitative estimate of drug-likeness (QED) is 0.480. The molecule has 0 spiro atoms. The molecule has 0 unspecified atom stereocenters. The average Bonchev–Trinajstić information content (AvgIpc) is 3.02. The number of benzene rings is 3. The normalized spacial score (nSPS) is 16.6. The fraction of sp³-hybridized carbons (Fsp3) is 0.0833. The first-order chi connectivity index (χ1) is 14.4. The van der Waals surface area contributed by atoms with Crippen LogP contribution in [0.3, 0.4) is 0 Å². The summed E-state index contributed by atoms with van der Waals surface area (Å²) in [6.07, 6.45) is 1.76. The molecule has 1 saturated heterocycles. The van der Waals surface area contributed by atoms with Crippen molar-refractivity contribution in [2.45, 2.75) is 13.8 Å². The van der Waals surface area contributed by atoms with Crippen LogP contribution < -0.4 is 4.90 Å². The Hall–Kier alpha value is -3.02. The number of carbonyl (C=O) groups excluding carboxylic acids is 1. The van der Waals surface area contributed by atoms with Crippen LogP contribution in [0.5, 0.6) is 5.75 Å². The number of aryl methyl sites for hydroxylation is 2. The molecule has 1 amide bonds. The van der Waals surface area contributed by atoms with Crippen LogP contribution in [0.4, 0.5) is 11.4 Å². The average molecular weight is 435 g/mol. The first-order valence-corrected chi connectivity index (χ1v) is 10.5. The SMILES string of the molecule is Cc1ccc(/N=C2/S/C(=C/c3ccc(O)c(Cl)c3)C(=O)N2c2ccc(C)cc2)cc1. The summed E-state index contributed by atoms with van der Waals surface area (Å²) in [4.78, 5) is 20.2. The van der Waals surface area contributed by atoms with Gasteiger partial charge < -0.3 is 5.11 Å². The van der Waals surface area contributed by atoms with Gasteiger partial charge >= 0.3 is 0 Å². The number of carbonyl (C=O) groups is 1. The van der Waals surface area contributed by atoms with E-state index in [1.165, 1.54) is 17.8 Å². The number of aliphatic imine (C=N–C) groups is 1. The number of amides is 1. The van der Waals surface area contributed by atoms with Gasteiger partial charge in [0.15, 0.2) is 5.17 Å². The lowest BCUT2D eigenvalue weighted by Crippen LogP contribution is -2.28. The molecule has 150 valence electrons. The van der Waals surface area contributed by atoms with Crippen molar-refractivity contribution in [1.29, 1.82) is 0 Å². The van der Waals surface area contributed by atoms with Gasteiger partial charge in [0, 0.05) is 0 Å². The predicted octanol–water partition coefficient (Wildman–Crippen LogP) is 6.47. The summed E-state index contributed by atoms with van der Waals surface area (Å²) in [5.74, 6) is -0.147. The van der Waals surface area contributed by atoms with Crippen molar-refractivity contribution in [1.82, 2.24) is 0 Å². The lowest BCUT2D eigenvalue weighted by atomic mass is 10.2. The van der Waals surface area contributed by atoms with Crippen LogP contribution in [0.25, 0.3) is 6.08 Å². The minimum atomic E-state index is -0.154. The Morgan fingerprint density at radius 1 is 0.967 bits per heavy atom. The summed E-state index contributed by atoms with van der Waals surface area (Å²) in [7, 11) is 0. The van der Waals surface area contributed by atoms with E-state index in [2.05, 4.69) is 0 Å². The van der Waals surface area contributed by atoms with Crippen molar-refractivity contribution in [3.8, 4) is 5.75 Å². The number of phenols is 1. The third-order valence-corrected chi connectivity index (χ3v) is 5.90. The third kappa shape index (κ3) is 4.27. The maximum absolute atomic E-state index is 13.3. The zero-order valence-electron chi connectivity index (χ0n) is 16.5. The highest BCUT2D eigenvalue weighted by molar-refractivity contribution is 8.19. The minimum absolute atomic E-state index is 0.00660. The number of amidine groups is 1. The van der Waals surface area contributed by atoms with Crippen molar-refractivity contribution in [3.05, 3.63) is 93.3 Å². The number of hydrogen-bond acceptors (Lipinski definition) is 4. The molecule has 1 N–H and O–H groups in total. The number of halogens is 1. The lowest BCUT2D eigenvalue weighted by molar-refractivity contribution is -0.113. The molecule has 0 saturated carbocycles. The zero-order valence-corrected chi connectivity index (χ0v) is 18.0. The van der Waals surface area contributed by atoms with Gasteiger partial charge in [0.2, 0.25) is 0 Å². The van der Waals surface area contributed by atoms with Gasteiger partial charge in [0.25, 0.3) is 5.91 Å². The van der Waals surface area contributed by atoms with Crippen LogP contribution in [-0.4, -0.2) is 16.2 Å². The smallest absolute Gasteiger partial charge is 0.271 e. The highest BCUT2D eigenvalue weighted by Gasteiger charge is 2.34. The van der Waals surface area contributed by atoms with Crippen LogP contribution in [0.1, 0.15) is 16.7 Å². The number of thioether (sulfide) groups is 1. The molecule has 1 heterocycles. The van der Waals surface area contributed by atoms with Gasteiger partial charge in [-0.15, -0.1) is 0 Å². The molecule has 3 aromatic carbocycles. The Labute approximate surface area is 184 Å². The van der Waals surface area contributed by atoms with Gasteiger partial charge in [0.1, 0.15) is 5.75 Å². The molecule has 0 aromatic heterocycles. The fourth-order valence-corrected chi connectivity index (χ4v) is 4.15. The molecule has 4 nitrogen and oxygen atoms in total. The van der Waals surface area contributed by atoms with Gasteiger partial charge in [-0.2, -0.15) is 0 Å². The minimum Gasteiger partial charge on any atom is -0.506 e. The van der Waals surface area contributed by atoms with E-state index in [1.54, 1.807) is 23.1 Å². The second-order valence-corrected chi connectivity index (χ2v) is 8.44. The summed E-state index contributed by atoms with van der Waals surface area (Å²) in [6, 6.07) is 20.5. The van der Waals surface area contributed by atoms with Crippen molar-refractivity contribution in [2.75, 3.05) is 4.90 Å². The van der Waals surface area contributed by atoms with Crippen molar-refractivity contribution < 1.29 is 9.90 Å². The summed E-state index contributed by atoms with van der Waals surface area (Å²) >= 11 is 7.33. The van der Waals surface area contributed by atoms with Crippen LogP contribution in [0.2, 0.25) is 5.02 Å². The number of nitrogens with zero attached hydrogens (tertiary/aromatic N) is 2. The molecule has 3 aromatic rings. The Kier molecular flexibility index (Phi) is 5.66. The Bertz CT molecular complexity index is 1170. The Morgan fingerprint density at radius 2 is 1.60 bits per heavy atom. The van der Waals surface area contributed by atoms with Crippen molar-refractivity contribution >= 4 is 51.9 Å². The van der Waals surface area contributed by atoms with Gasteiger partial charge in [-0.25, -0.2) is 4.99 Å². The maximum atomic E-state index is 13.3. The van der Waals surface area contributed by atoms with Crippen molar-refractivity contribution in [3.63, 3.8) is 0 Å². The van der Waals surface area contributed by atoms with Gasteiger partial charge in [-0.1, -0.05) is 53.1 Å². The topological polar surface area (TPSA) is 52.9 Å². The second-order valence-electron chi connectivity index (χ2n) is 7.03. The monoisotopic (exact) mass is 434 g/mol. The van der Waals surface area contributed by atoms with E-state index in [4.69, 9.17) is 16.6 Å². The summed E-state index contributed by atoms with van der Waals surface area (Å²) in [5, 5.41) is 10.5. The summed E-state index contributed by atoms with van der Waals surface area (Å²) in [5.41, 5.74) is 4.53. The van der Waals surface area contributed by atoms with E-state index in [-0.39, 0.29) is 16.7 Å². The van der Waals surface area contributed by atoms with Crippen LogP contribution in [0.15, 0.2) is 76.6 Å². The number of phenolic OH excluding ortho intramolecular Hbond substituents is 1. The molecular weight excluding hydrogens is 416 g/mol. The first-order valence-electron chi connectivity index (χ1n) is 9.35. The molecule has 30 heavy (non-hydrogen) atoms. The molecule has 6 heteroatoms. The summed E-state index contributed by atoms with van der Waals surface area (Å²) in [6.45, 7) is 4.03. The first kappa shape index (κ1) is 20.3.